The predicted octanol–water partition coefficient (Wildman–Crippen LogP) is 4.19. The van der Waals surface area contributed by atoms with Crippen molar-refractivity contribution in [1.82, 2.24) is 0 Å². The first-order valence-corrected chi connectivity index (χ1v) is 6.98. The van der Waals surface area contributed by atoms with E-state index in [-0.39, 0.29) is 12.4 Å². The van der Waals surface area contributed by atoms with E-state index in [1.807, 2.05) is 30.3 Å². The molecule has 98 valence electrons. The molecule has 0 radical (unpaired) electrons. The van der Waals surface area contributed by atoms with Crippen molar-refractivity contribution in [2.45, 2.75) is 23.3 Å². The van der Waals surface area contributed by atoms with Gasteiger partial charge < -0.3 is 5.11 Å². The van der Waals surface area contributed by atoms with Crippen molar-refractivity contribution in [2.75, 3.05) is 0 Å². The Morgan fingerprint density at radius 1 is 1.21 bits per heavy atom. The van der Waals surface area contributed by atoms with Crippen molar-refractivity contribution in [2.24, 2.45) is 0 Å². The molecule has 0 aliphatic heterocycles. The molecule has 0 fully saturated rings. The van der Waals surface area contributed by atoms with Crippen LogP contribution in [0.2, 0.25) is 5.02 Å². The number of hydrogen-bond donors (Lipinski definition) is 1. The summed E-state index contributed by atoms with van der Waals surface area (Å²) in [6.07, 6.45) is 0. The molecule has 0 atom stereocenters. The third-order valence-electron chi connectivity index (χ3n) is 2.68. The lowest BCUT2D eigenvalue weighted by molar-refractivity contribution is 0.101. The van der Waals surface area contributed by atoms with Crippen LogP contribution in [0.5, 0.6) is 0 Å². The fraction of sp³-hybridized carbons (Fsp3) is 0.133. The van der Waals surface area contributed by atoms with Gasteiger partial charge in [-0.3, -0.25) is 4.79 Å². The Bertz CT molecular complexity index is 611. The van der Waals surface area contributed by atoms with Gasteiger partial charge in [0.05, 0.1) is 6.61 Å². The lowest BCUT2D eigenvalue weighted by Gasteiger charge is -2.10. The molecule has 19 heavy (non-hydrogen) atoms. The average molecular weight is 293 g/mol. The molecule has 2 nitrogen and oxygen atoms in total. The summed E-state index contributed by atoms with van der Waals surface area (Å²) in [6, 6.07) is 12.8. The molecule has 2 rings (SSSR count). The first-order valence-electron chi connectivity index (χ1n) is 5.79. The van der Waals surface area contributed by atoms with E-state index < -0.39 is 0 Å². The highest BCUT2D eigenvalue weighted by Gasteiger charge is 2.11. The molecule has 0 bridgehead atoms. The lowest BCUT2D eigenvalue weighted by Crippen LogP contribution is -1.95. The number of halogens is 1. The molecule has 2 aromatic rings. The second-order valence-corrected chi connectivity index (χ2v) is 5.58. The van der Waals surface area contributed by atoms with Gasteiger partial charge in [0.2, 0.25) is 0 Å². The number of hydrogen-bond acceptors (Lipinski definition) is 3. The summed E-state index contributed by atoms with van der Waals surface area (Å²) in [5, 5.41) is 9.86. The fourth-order valence-corrected chi connectivity index (χ4v) is 2.99. The monoisotopic (exact) mass is 292 g/mol. The van der Waals surface area contributed by atoms with Gasteiger partial charge in [-0.1, -0.05) is 41.6 Å². The Kier molecular flexibility index (Phi) is 4.64. The molecule has 0 saturated carbocycles. The van der Waals surface area contributed by atoms with Crippen molar-refractivity contribution in [3.63, 3.8) is 0 Å². The summed E-state index contributed by atoms with van der Waals surface area (Å²) < 4.78 is 0. The molecule has 0 aliphatic carbocycles. The van der Waals surface area contributed by atoms with E-state index in [0.29, 0.717) is 10.6 Å². The van der Waals surface area contributed by atoms with Gasteiger partial charge in [0.25, 0.3) is 0 Å². The minimum atomic E-state index is -0.0218. The molecular weight excluding hydrogens is 280 g/mol. The summed E-state index contributed by atoms with van der Waals surface area (Å²) >= 11 is 7.38. The number of aliphatic hydroxyl groups excluding tert-OH is 1. The van der Waals surface area contributed by atoms with Gasteiger partial charge in [-0.25, -0.2) is 0 Å². The Morgan fingerprint density at radius 2 is 1.95 bits per heavy atom. The van der Waals surface area contributed by atoms with Crippen LogP contribution in [0, 0.1) is 0 Å². The van der Waals surface area contributed by atoms with Gasteiger partial charge in [-0.15, -0.1) is 0 Å². The molecule has 4 heteroatoms. The Labute approximate surface area is 121 Å². The van der Waals surface area contributed by atoms with Crippen molar-refractivity contribution in [1.29, 1.82) is 0 Å². The number of benzene rings is 2. The molecule has 0 amide bonds. The maximum absolute atomic E-state index is 11.6. The van der Waals surface area contributed by atoms with Crippen LogP contribution in [0.15, 0.2) is 52.3 Å². The van der Waals surface area contributed by atoms with Crippen molar-refractivity contribution in [3.8, 4) is 0 Å². The van der Waals surface area contributed by atoms with E-state index in [4.69, 9.17) is 11.6 Å². The first-order chi connectivity index (χ1) is 9.11. The van der Waals surface area contributed by atoms with Crippen LogP contribution in [0.25, 0.3) is 0 Å². The molecule has 0 spiro atoms. The zero-order valence-corrected chi connectivity index (χ0v) is 12.0. The number of Topliss-reactive ketones (excluding diaryl/α,β-unsaturated/α-hetero) is 1. The molecule has 0 aromatic heterocycles. The number of carbonyl (C=O) groups excluding carboxylic acids is 1. The minimum Gasteiger partial charge on any atom is -0.392 e. The average Bonchev–Trinajstić information content (AvgIpc) is 2.41. The summed E-state index contributed by atoms with van der Waals surface area (Å²) in [4.78, 5) is 13.4. The van der Waals surface area contributed by atoms with Crippen LogP contribution < -0.4 is 0 Å². The third-order valence-corrected chi connectivity index (χ3v) is 4.11. The third kappa shape index (κ3) is 3.38. The maximum atomic E-state index is 11.6. The second kappa shape index (κ2) is 6.24. The van der Waals surface area contributed by atoms with Gasteiger partial charge in [0.1, 0.15) is 0 Å². The van der Waals surface area contributed by atoms with Crippen molar-refractivity contribution in [3.05, 3.63) is 58.6 Å². The van der Waals surface area contributed by atoms with Crippen molar-refractivity contribution >= 4 is 29.1 Å². The Morgan fingerprint density at radius 3 is 2.63 bits per heavy atom. The molecule has 0 unspecified atom stereocenters. The van der Waals surface area contributed by atoms with Crippen LogP contribution in [-0.4, -0.2) is 10.9 Å². The second-order valence-electron chi connectivity index (χ2n) is 4.06. The summed E-state index contributed by atoms with van der Waals surface area (Å²) in [7, 11) is 0. The Balaban J connectivity index is 2.41. The van der Waals surface area contributed by atoms with Gasteiger partial charge in [0.15, 0.2) is 5.78 Å². The van der Waals surface area contributed by atoms with Gasteiger partial charge >= 0.3 is 0 Å². The predicted molar refractivity (Wildman–Crippen MR) is 77.9 cm³/mol. The Hall–Kier alpha value is -1.29. The number of rotatable bonds is 4. The summed E-state index contributed by atoms with van der Waals surface area (Å²) in [5.74, 6) is -0.0218. The summed E-state index contributed by atoms with van der Waals surface area (Å²) in [6.45, 7) is 1.50. The minimum absolute atomic E-state index is 0.0217. The zero-order chi connectivity index (χ0) is 13.8. The van der Waals surface area contributed by atoms with Gasteiger partial charge in [0, 0.05) is 20.4 Å². The molecule has 2 aromatic carbocycles. The van der Waals surface area contributed by atoms with E-state index in [0.717, 1.165) is 15.4 Å². The van der Waals surface area contributed by atoms with Gasteiger partial charge in [-0.2, -0.15) is 0 Å². The fourth-order valence-electron chi connectivity index (χ4n) is 1.72. The summed E-state index contributed by atoms with van der Waals surface area (Å²) in [5.41, 5.74) is 1.45. The van der Waals surface area contributed by atoms with E-state index in [1.165, 1.54) is 18.7 Å². The molecule has 1 N–H and O–H groups in total. The van der Waals surface area contributed by atoms with Crippen LogP contribution in [-0.2, 0) is 6.61 Å². The number of ketones is 1. The highest BCUT2D eigenvalue weighted by molar-refractivity contribution is 7.99. The largest absolute Gasteiger partial charge is 0.392 e. The number of carbonyl (C=O) groups is 1. The van der Waals surface area contributed by atoms with E-state index in [9.17, 15) is 9.90 Å². The standard InChI is InChI=1S/C15H13ClO2S/c1-10(18)13-8-12(16)6-7-15(13)19-14-5-3-2-4-11(14)9-17/h2-8,17H,9H2,1H3. The first kappa shape index (κ1) is 14.1. The number of aliphatic hydroxyl groups is 1. The smallest absolute Gasteiger partial charge is 0.160 e. The quantitative estimate of drug-likeness (QED) is 0.859. The molecule has 0 heterocycles. The van der Waals surface area contributed by atoms with E-state index >= 15 is 0 Å². The molecule has 0 aliphatic rings. The van der Waals surface area contributed by atoms with E-state index in [2.05, 4.69) is 0 Å². The topological polar surface area (TPSA) is 37.3 Å². The van der Waals surface area contributed by atoms with E-state index in [1.54, 1.807) is 12.1 Å². The lowest BCUT2D eigenvalue weighted by atomic mass is 10.1. The SMILES string of the molecule is CC(=O)c1cc(Cl)ccc1Sc1ccccc1CO. The zero-order valence-electron chi connectivity index (χ0n) is 10.4. The highest BCUT2D eigenvalue weighted by Crippen LogP contribution is 2.34. The maximum Gasteiger partial charge on any atom is 0.160 e. The van der Waals surface area contributed by atoms with Crippen LogP contribution >= 0.6 is 23.4 Å². The molecule has 0 saturated heterocycles. The highest BCUT2D eigenvalue weighted by atomic mass is 35.5. The van der Waals surface area contributed by atoms with Crippen molar-refractivity contribution < 1.29 is 9.90 Å². The van der Waals surface area contributed by atoms with Crippen LogP contribution in [0.4, 0.5) is 0 Å². The van der Waals surface area contributed by atoms with Crippen LogP contribution in [0.1, 0.15) is 22.8 Å². The van der Waals surface area contributed by atoms with Crippen LogP contribution in [0.3, 0.4) is 0 Å². The molecular formula is C15H13ClO2S. The van der Waals surface area contributed by atoms with Gasteiger partial charge in [-0.05, 0) is 36.8 Å². The normalized spacial score (nSPS) is 10.5.